The zero-order valence-corrected chi connectivity index (χ0v) is 19.5. The van der Waals surface area contributed by atoms with E-state index >= 15 is 0 Å². The normalized spacial score (nSPS) is 11.5. The minimum absolute atomic E-state index is 0.0285. The van der Waals surface area contributed by atoms with Crippen molar-refractivity contribution in [3.8, 4) is 33.6 Å². The van der Waals surface area contributed by atoms with Crippen LogP contribution in [-0.2, 0) is 6.54 Å². The largest absolute Gasteiger partial charge is 0.491 e. The van der Waals surface area contributed by atoms with Crippen LogP contribution < -0.4 is 9.47 Å². The van der Waals surface area contributed by atoms with E-state index in [9.17, 15) is 4.39 Å². The van der Waals surface area contributed by atoms with Gasteiger partial charge in [-0.25, -0.2) is 14.6 Å². The van der Waals surface area contributed by atoms with Crippen LogP contribution in [0.4, 0.5) is 4.39 Å². The lowest BCUT2D eigenvalue weighted by molar-refractivity contribution is -0.0256. The average Bonchev–Trinajstić information content (AvgIpc) is 3.39. The van der Waals surface area contributed by atoms with Crippen molar-refractivity contribution >= 4 is 11.3 Å². The van der Waals surface area contributed by atoms with Crippen LogP contribution in [0.1, 0.15) is 25.2 Å². The molecule has 2 aromatic heterocycles. The van der Waals surface area contributed by atoms with Crippen LogP contribution in [-0.4, -0.2) is 43.9 Å². The Morgan fingerprint density at radius 1 is 1.09 bits per heavy atom. The van der Waals surface area contributed by atoms with Crippen LogP contribution in [0.3, 0.4) is 0 Å². The maximum Gasteiger partial charge on any atom is 0.242 e. The molecule has 2 heterocycles. The van der Waals surface area contributed by atoms with Crippen molar-refractivity contribution in [2.24, 2.45) is 0 Å². The molecule has 4 rings (SSSR count). The zero-order valence-electron chi connectivity index (χ0n) is 18.7. The summed E-state index contributed by atoms with van der Waals surface area (Å²) in [5.74, 6) is 0.777. The summed E-state index contributed by atoms with van der Waals surface area (Å²) in [5, 5.41) is 16.2. The molecule has 0 saturated carbocycles. The number of aryl methyl sites for hydroxylation is 1. The molecule has 4 aromatic rings. The molecule has 0 fully saturated rings. The van der Waals surface area contributed by atoms with E-state index in [0.717, 1.165) is 27.7 Å². The van der Waals surface area contributed by atoms with Crippen LogP contribution in [0, 0.1) is 6.92 Å². The van der Waals surface area contributed by atoms with E-state index in [0.29, 0.717) is 23.9 Å². The van der Waals surface area contributed by atoms with Crippen LogP contribution in [0.5, 0.6) is 11.5 Å². The minimum Gasteiger partial charge on any atom is -0.491 e. The standard InChI is InChI=1S/C24H25FN4O3S/c1-16-26-22(28-29(16)14-17-5-4-6-20(13-17)31-12-11-30)23-27-21(15-33-23)18-7-9-19(10-8-18)32-24(2,3)25/h4-10,13,15,30H,11-12,14H2,1-3H3. The number of thiazole rings is 1. The third kappa shape index (κ3) is 5.94. The zero-order chi connectivity index (χ0) is 23.4. The second-order valence-corrected chi connectivity index (χ2v) is 8.75. The maximum atomic E-state index is 13.7. The lowest BCUT2D eigenvalue weighted by atomic mass is 10.2. The molecule has 172 valence electrons. The Morgan fingerprint density at radius 2 is 1.88 bits per heavy atom. The summed E-state index contributed by atoms with van der Waals surface area (Å²) >= 11 is 1.47. The molecule has 0 saturated heterocycles. The number of aliphatic hydroxyl groups is 1. The van der Waals surface area contributed by atoms with Gasteiger partial charge in [-0.2, -0.15) is 4.39 Å². The molecule has 0 aliphatic rings. The van der Waals surface area contributed by atoms with Gasteiger partial charge in [0.2, 0.25) is 11.7 Å². The molecule has 0 atom stereocenters. The van der Waals surface area contributed by atoms with Gasteiger partial charge in [-0.3, -0.25) is 0 Å². The van der Waals surface area contributed by atoms with Gasteiger partial charge in [0.05, 0.1) is 18.8 Å². The fourth-order valence-electron chi connectivity index (χ4n) is 3.21. The molecule has 0 bridgehead atoms. The summed E-state index contributed by atoms with van der Waals surface area (Å²) in [4.78, 5) is 9.27. The predicted molar refractivity (Wildman–Crippen MR) is 125 cm³/mol. The molecule has 1 N–H and O–H groups in total. The number of halogens is 1. The number of rotatable bonds is 9. The number of hydrogen-bond acceptors (Lipinski definition) is 7. The van der Waals surface area contributed by atoms with Gasteiger partial charge in [0.15, 0.2) is 5.01 Å². The summed E-state index contributed by atoms with van der Waals surface area (Å²) in [6.45, 7) is 5.40. The first-order valence-corrected chi connectivity index (χ1v) is 11.4. The summed E-state index contributed by atoms with van der Waals surface area (Å²) in [6, 6.07) is 14.8. The first-order chi connectivity index (χ1) is 15.8. The number of benzene rings is 2. The SMILES string of the molecule is Cc1nc(-c2nc(-c3ccc(OC(C)(C)F)cc3)cs2)nn1Cc1cccc(OCCO)c1. The van der Waals surface area contributed by atoms with Gasteiger partial charge in [0, 0.05) is 24.8 Å². The quantitative estimate of drug-likeness (QED) is 0.377. The summed E-state index contributed by atoms with van der Waals surface area (Å²) in [6.07, 6.45) is 0. The summed E-state index contributed by atoms with van der Waals surface area (Å²) in [5.41, 5.74) is 2.71. The number of ether oxygens (including phenoxy) is 2. The topological polar surface area (TPSA) is 82.3 Å². The van der Waals surface area contributed by atoms with Crippen molar-refractivity contribution in [1.29, 1.82) is 0 Å². The van der Waals surface area contributed by atoms with Crippen LogP contribution in [0.25, 0.3) is 22.1 Å². The van der Waals surface area contributed by atoms with Gasteiger partial charge >= 0.3 is 0 Å². The van der Waals surface area contributed by atoms with Gasteiger partial charge in [0.1, 0.15) is 23.9 Å². The van der Waals surface area contributed by atoms with Crippen molar-refractivity contribution in [1.82, 2.24) is 19.7 Å². The van der Waals surface area contributed by atoms with Gasteiger partial charge in [-0.15, -0.1) is 16.4 Å². The smallest absolute Gasteiger partial charge is 0.242 e. The van der Waals surface area contributed by atoms with E-state index < -0.39 is 5.85 Å². The average molecular weight is 469 g/mol. The lowest BCUT2D eigenvalue weighted by Gasteiger charge is -2.16. The first kappa shape index (κ1) is 22.9. The van der Waals surface area contributed by atoms with Crippen LogP contribution >= 0.6 is 11.3 Å². The molecule has 0 radical (unpaired) electrons. The fraction of sp³-hybridized carbons (Fsp3) is 0.292. The van der Waals surface area contributed by atoms with E-state index in [1.54, 1.807) is 12.1 Å². The maximum absolute atomic E-state index is 13.7. The molecule has 0 spiro atoms. The highest BCUT2D eigenvalue weighted by Gasteiger charge is 2.17. The molecule has 0 aliphatic heterocycles. The highest BCUT2D eigenvalue weighted by molar-refractivity contribution is 7.13. The van der Waals surface area contributed by atoms with Crippen molar-refractivity contribution in [3.05, 3.63) is 65.3 Å². The predicted octanol–water partition coefficient (Wildman–Crippen LogP) is 4.88. The highest BCUT2D eigenvalue weighted by Crippen LogP contribution is 2.29. The lowest BCUT2D eigenvalue weighted by Crippen LogP contribution is -2.20. The van der Waals surface area contributed by atoms with E-state index in [4.69, 9.17) is 14.6 Å². The molecule has 0 unspecified atom stereocenters. The van der Waals surface area contributed by atoms with Gasteiger partial charge < -0.3 is 14.6 Å². The third-order valence-electron chi connectivity index (χ3n) is 4.65. The second-order valence-electron chi connectivity index (χ2n) is 7.89. The molecular formula is C24H25FN4O3S. The third-order valence-corrected chi connectivity index (χ3v) is 5.49. The Hall–Kier alpha value is -3.30. The Bertz CT molecular complexity index is 1220. The fourth-order valence-corrected chi connectivity index (χ4v) is 3.97. The summed E-state index contributed by atoms with van der Waals surface area (Å²) in [7, 11) is 0. The van der Waals surface area contributed by atoms with E-state index in [-0.39, 0.29) is 13.2 Å². The van der Waals surface area contributed by atoms with Crippen molar-refractivity contribution in [2.45, 2.75) is 33.2 Å². The van der Waals surface area contributed by atoms with Crippen molar-refractivity contribution < 1.29 is 19.0 Å². The van der Waals surface area contributed by atoms with E-state index in [1.165, 1.54) is 25.2 Å². The molecule has 7 nitrogen and oxygen atoms in total. The molecule has 0 amide bonds. The van der Waals surface area contributed by atoms with Gasteiger partial charge in [-0.1, -0.05) is 12.1 Å². The number of nitrogens with zero attached hydrogens (tertiary/aromatic N) is 4. The van der Waals surface area contributed by atoms with E-state index in [1.807, 2.05) is 53.4 Å². The monoisotopic (exact) mass is 468 g/mol. The van der Waals surface area contributed by atoms with Crippen LogP contribution in [0.15, 0.2) is 53.9 Å². The van der Waals surface area contributed by atoms with E-state index in [2.05, 4.69) is 15.1 Å². The Labute approximate surface area is 195 Å². The van der Waals surface area contributed by atoms with Gasteiger partial charge in [0.25, 0.3) is 0 Å². The summed E-state index contributed by atoms with van der Waals surface area (Å²) < 4.78 is 26.2. The van der Waals surface area contributed by atoms with Crippen LogP contribution in [0.2, 0.25) is 0 Å². The molecule has 9 heteroatoms. The number of hydrogen-bond donors (Lipinski definition) is 1. The number of aliphatic hydroxyl groups excluding tert-OH is 1. The first-order valence-electron chi connectivity index (χ1n) is 10.5. The number of aromatic nitrogens is 4. The molecule has 0 aliphatic carbocycles. The molecular weight excluding hydrogens is 443 g/mol. The minimum atomic E-state index is -1.73. The molecule has 2 aromatic carbocycles. The van der Waals surface area contributed by atoms with Crippen molar-refractivity contribution in [3.63, 3.8) is 0 Å². The Kier molecular flexibility index (Phi) is 6.71. The Morgan fingerprint density at radius 3 is 2.61 bits per heavy atom. The molecule has 33 heavy (non-hydrogen) atoms. The van der Waals surface area contributed by atoms with Gasteiger partial charge in [-0.05, 0) is 48.9 Å². The van der Waals surface area contributed by atoms with Crippen molar-refractivity contribution in [2.75, 3.05) is 13.2 Å². The highest BCUT2D eigenvalue weighted by atomic mass is 32.1. The Balaban J connectivity index is 1.49. The second kappa shape index (κ2) is 9.68. The number of alkyl halides is 1.